The van der Waals surface area contributed by atoms with Crippen LogP contribution in [0.2, 0.25) is 0 Å². The van der Waals surface area contributed by atoms with Gasteiger partial charge in [0.05, 0.1) is 10.9 Å². The number of urea groups is 1. The third-order valence-electron chi connectivity index (χ3n) is 5.18. The topological polar surface area (TPSA) is 69.7 Å². The second-order valence-electron chi connectivity index (χ2n) is 7.38. The van der Waals surface area contributed by atoms with Gasteiger partial charge in [-0.3, -0.25) is 0 Å². The number of nitrogens with one attached hydrogen (secondary N) is 1. The maximum Gasteiger partial charge on any atom is 0.317 e. The molecule has 1 aliphatic rings. The summed E-state index contributed by atoms with van der Waals surface area (Å²) >= 11 is 0. The van der Waals surface area contributed by atoms with Crippen molar-refractivity contribution in [3.05, 3.63) is 65.0 Å². The van der Waals surface area contributed by atoms with Gasteiger partial charge in [-0.25, -0.2) is 17.6 Å². The Morgan fingerprint density at radius 1 is 1.03 bits per heavy atom. The Bertz CT molecular complexity index is 985. The molecule has 0 aliphatic carbocycles. The van der Waals surface area contributed by atoms with E-state index in [9.17, 15) is 17.6 Å². The quantitative estimate of drug-likeness (QED) is 0.827. The summed E-state index contributed by atoms with van der Waals surface area (Å²) in [6.45, 7) is 6.65. The highest BCUT2D eigenvalue weighted by Crippen LogP contribution is 2.22. The zero-order valence-electron chi connectivity index (χ0n) is 16.9. The molecular formula is C21H26FN3O3S. The fourth-order valence-electron chi connectivity index (χ4n) is 3.47. The summed E-state index contributed by atoms with van der Waals surface area (Å²) in [7, 11) is -3.59. The van der Waals surface area contributed by atoms with E-state index < -0.39 is 10.0 Å². The predicted molar refractivity (Wildman–Crippen MR) is 110 cm³/mol. The summed E-state index contributed by atoms with van der Waals surface area (Å²) in [4.78, 5) is 14.5. The Morgan fingerprint density at radius 3 is 2.24 bits per heavy atom. The number of aryl methyl sites for hydroxylation is 2. The first-order valence-corrected chi connectivity index (χ1v) is 11.0. The molecule has 1 fully saturated rings. The van der Waals surface area contributed by atoms with E-state index in [0.29, 0.717) is 18.0 Å². The monoisotopic (exact) mass is 419 g/mol. The van der Waals surface area contributed by atoms with Crippen molar-refractivity contribution in [1.29, 1.82) is 0 Å². The standard InChI is InChI=1S/C21H26FN3O3S/c1-15-4-9-20(16(2)14-15)29(27,28)25-12-10-24(11-13-25)21(26)23-17(3)18-5-7-19(22)8-6-18/h4-9,14,17H,10-13H2,1-3H3,(H,23,26). The number of halogens is 1. The van der Waals surface area contributed by atoms with E-state index in [2.05, 4.69) is 5.32 Å². The molecule has 2 aromatic carbocycles. The third-order valence-corrected chi connectivity index (χ3v) is 7.24. The Morgan fingerprint density at radius 2 is 1.66 bits per heavy atom. The van der Waals surface area contributed by atoms with Crippen molar-refractivity contribution in [1.82, 2.24) is 14.5 Å². The van der Waals surface area contributed by atoms with Crippen LogP contribution in [0.15, 0.2) is 47.4 Å². The largest absolute Gasteiger partial charge is 0.331 e. The maximum absolute atomic E-state index is 13.1. The first-order valence-electron chi connectivity index (χ1n) is 9.57. The van der Waals surface area contributed by atoms with Crippen molar-refractivity contribution in [2.45, 2.75) is 31.7 Å². The lowest BCUT2D eigenvalue weighted by Crippen LogP contribution is -2.53. The van der Waals surface area contributed by atoms with Crippen molar-refractivity contribution in [2.75, 3.05) is 26.2 Å². The fraction of sp³-hybridized carbons (Fsp3) is 0.381. The maximum atomic E-state index is 13.1. The average Bonchev–Trinajstić information content (AvgIpc) is 2.68. The fourth-order valence-corrected chi connectivity index (χ4v) is 5.10. The van der Waals surface area contributed by atoms with Crippen LogP contribution in [0.25, 0.3) is 0 Å². The molecule has 1 unspecified atom stereocenters. The van der Waals surface area contributed by atoms with Crippen LogP contribution in [0.1, 0.15) is 29.7 Å². The van der Waals surface area contributed by atoms with Gasteiger partial charge in [-0.1, -0.05) is 29.8 Å². The number of nitrogens with zero attached hydrogens (tertiary/aromatic N) is 2. The average molecular weight is 420 g/mol. The van der Waals surface area contributed by atoms with Crippen LogP contribution in [0, 0.1) is 19.7 Å². The third kappa shape index (κ3) is 4.76. The molecule has 0 radical (unpaired) electrons. The minimum atomic E-state index is -3.59. The highest BCUT2D eigenvalue weighted by molar-refractivity contribution is 7.89. The van der Waals surface area contributed by atoms with Crippen LogP contribution < -0.4 is 5.32 Å². The van der Waals surface area contributed by atoms with Gasteiger partial charge >= 0.3 is 6.03 Å². The Kier molecular flexibility index (Phi) is 6.24. The Labute approximate surface area is 171 Å². The van der Waals surface area contributed by atoms with Gasteiger partial charge in [0.1, 0.15) is 5.82 Å². The summed E-state index contributed by atoms with van der Waals surface area (Å²) in [6, 6.07) is 10.7. The first kappa shape index (κ1) is 21.3. The number of hydrogen-bond acceptors (Lipinski definition) is 3. The van der Waals surface area contributed by atoms with Gasteiger partial charge in [0, 0.05) is 26.2 Å². The van der Waals surface area contributed by atoms with Crippen molar-refractivity contribution in [3.63, 3.8) is 0 Å². The SMILES string of the molecule is Cc1ccc(S(=O)(=O)N2CCN(C(=O)NC(C)c3ccc(F)cc3)CC2)c(C)c1. The first-order chi connectivity index (χ1) is 13.7. The Balaban J connectivity index is 1.60. The number of amides is 2. The van der Waals surface area contributed by atoms with Crippen LogP contribution in [-0.4, -0.2) is 49.8 Å². The molecule has 29 heavy (non-hydrogen) atoms. The van der Waals surface area contributed by atoms with Crippen LogP contribution in [-0.2, 0) is 10.0 Å². The number of benzene rings is 2. The highest BCUT2D eigenvalue weighted by atomic mass is 32.2. The molecule has 0 saturated carbocycles. The summed E-state index contributed by atoms with van der Waals surface area (Å²) in [5.41, 5.74) is 2.53. The van der Waals surface area contributed by atoms with E-state index in [4.69, 9.17) is 0 Å². The normalized spacial score (nSPS) is 16.5. The van der Waals surface area contributed by atoms with E-state index in [1.807, 2.05) is 19.9 Å². The highest BCUT2D eigenvalue weighted by Gasteiger charge is 2.31. The van der Waals surface area contributed by atoms with Gasteiger partial charge < -0.3 is 10.2 Å². The van der Waals surface area contributed by atoms with Crippen molar-refractivity contribution < 1.29 is 17.6 Å². The lowest BCUT2D eigenvalue weighted by Gasteiger charge is -2.34. The Hall–Kier alpha value is -2.45. The molecule has 1 atom stereocenters. The second-order valence-corrected chi connectivity index (χ2v) is 9.29. The van der Waals surface area contributed by atoms with Crippen LogP contribution in [0.5, 0.6) is 0 Å². The minimum Gasteiger partial charge on any atom is -0.331 e. The molecule has 0 aromatic heterocycles. The number of piperazine rings is 1. The van der Waals surface area contributed by atoms with Crippen molar-refractivity contribution >= 4 is 16.1 Å². The van der Waals surface area contributed by atoms with E-state index in [-0.39, 0.29) is 31.0 Å². The van der Waals surface area contributed by atoms with Gasteiger partial charge in [-0.05, 0) is 50.1 Å². The van der Waals surface area contributed by atoms with Gasteiger partial charge in [0.2, 0.25) is 10.0 Å². The number of carbonyl (C=O) groups is 1. The lowest BCUT2D eigenvalue weighted by atomic mass is 10.1. The van der Waals surface area contributed by atoms with E-state index in [1.165, 1.54) is 16.4 Å². The van der Waals surface area contributed by atoms with Gasteiger partial charge in [0.15, 0.2) is 0 Å². The number of rotatable bonds is 4. The molecule has 8 heteroatoms. The number of hydrogen-bond donors (Lipinski definition) is 1. The zero-order chi connectivity index (χ0) is 21.2. The molecule has 1 N–H and O–H groups in total. The predicted octanol–water partition coefficient (Wildman–Crippen LogP) is 3.22. The van der Waals surface area contributed by atoms with E-state index >= 15 is 0 Å². The summed E-state index contributed by atoms with van der Waals surface area (Å²) in [6.07, 6.45) is 0. The molecule has 0 bridgehead atoms. The van der Waals surface area contributed by atoms with Gasteiger partial charge in [-0.15, -0.1) is 0 Å². The minimum absolute atomic E-state index is 0.244. The summed E-state index contributed by atoms with van der Waals surface area (Å²) in [5, 5.41) is 2.88. The molecule has 1 aliphatic heterocycles. The van der Waals surface area contributed by atoms with E-state index in [0.717, 1.165) is 16.7 Å². The summed E-state index contributed by atoms with van der Waals surface area (Å²) in [5.74, 6) is -0.326. The second kappa shape index (κ2) is 8.51. The van der Waals surface area contributed by atoms with Crippen LogP contribution in [0.4, 0.5) is 9.18 Å². The number of sulfonamides is 1. The van der Waals surface area contributed by atoms with Crippen molar-refractivity contribution in [2.24, 2.45) is 0 Å². The molecule has 6 nitrogen and oxygen atoms in total. The number of carbonyl (C=O) groups excluding carboxylic acids is 1. The van der Waals surface area contributed by atoms with Crippen molar-refractivity contribution in [3.8, 4) is 0 Å². The zero-order valence-corrected chi connectivity index (χ0v) is 17.7. The van der Waals surface area contributed by atoms with Gasteiger partial charge in [0.25, 0.3) is 0 Å². The van der Waals surface area contributed by atoms with Crippen LogP contribution >= 0.6 is 0 Å². The molecule has 156 valence electrons. The molecule has 1 heterocycles. The lowest BCUT2D eigenvalue weighted by molar-refractivity contribution is 0.169. The van der Waals surface area contributed by atoms with E-state index in [1.54, 1.807) is 36.1 Å². The summed E-state index contributed by atoms with van der Waals surface area (Å²) < 4.78 is 40.4. The smallest absolute Gasteiger partial charge is 0.317 e. The molecule has 2 amide bonds. The molecule has 0 spiro atoms. The molecular weight excluding hydrogens is 393 g/mol. The molecule has 2 aromatic rings. The molecule has 1 saturated heterocycles. The molecule has 3 rings (SSSR count). The van der Waals surface area contributed by atoms with Gasteiger partial charge in [-0.2, -0.15) is 4.31 Å². The van der Waals surface area contributed by atoms with Crippen LogP contribution in [0.3, 0.4) is 0 Å².